The van der Waals surface area contributed by atoms with Gasteiger partial charge in [0.25, 0.3) is 5.91 Å². The Balaban J connectivity index is 2.04. The largest absolute Gasteiger partial charge is 0.418 e. The van der Waals surface area contributed by atoms with Crippen molar-refractivity contribution in [2.45, 2.75) is 20.0 Å². The van der Waals surface area contributed by atoms with Gasteiger partial charge < -0.3 is 9.88 Å². The van der Waals surface area contributed by atoms with Crippen LogP contribution < -0.4 is 5.32 Å². The third-order valence-electron chi connectivity index (χ3n) is 4.13. The summed E-state index contributed by atoms with van der Waals surface area (Å²) in [6, 6.07) is 10.0. The molecule has 1 amide bonds. The molecule has 0 aliphatic rings. The second-order valence-electron chi connectivity index (χ2n) is 5.93. The Hall–Kier alpha value is -2.80. The lowest BCUT2D eigenvalue weighted by molar-refractivity contribution is -0.137. The van der Waals surface area contributed by atoms with Crippen molar-refractivity contribution in [2.24, 2.45) is 0 Å². The van der Waals surface area contributed by atoms with Crippen LogP contribution in [0.4, 0.5) is 18.9 Å². The quantitative estimate of drug-likeness (QED) is 0.604. The molecular formula is C19H15ClF3N3O. The summed E-state index contributed by atoms with van der Waals surface area (Å²) in [7, 11) is 0. The van der Waals surface area contributed by atoms with Crippen LogP contribution in [0, 0.1) is 13.8 Å². The molecule has 0 atom stereocenters. The van der Waals surface area contributed by atoms with Gasteiger partial charge in [0.15, 0.2) is 5.15 Å². The van der Waals surface area contributed by atoms with E-state index in [4.69, 9.17) is 11.6 Å². The van der Waals surface area contributed by atoms with Crippen LogP contribution in [0.2, 0.25) is 5.15 Å². The molecule has 0 unspecified atom stereocenters. The molecule has 2 heterocycles. The number of para-hydroxylation sites is 1. The maximum Gasteiger partial charge on any atom is 0.418 e. The number of benzene rings is 1. The van der Waals surface area contributed by atoms with E-state index in [9.17, 15) is 18.0 Å². The van der Waals surface area contributed by atoms with Gasteiger partial charge in [0, 0.05) is 17.6 Å². The van der Waals surface area contributed by atoms with Crippen molar-refractivity contribution in [1.29, 1.82) is 0 Å². The molecule has 0 fully saturated rings. The molecule has 8 heteroatoms. The first-order valence-corrected chi connectivity index (χ1v) is 8.35. The number of carbonyl (C=O) groups excluding carboxylic acids is 1. The minimum absolute atomic E-state index is 0.0292. The van der Waals surface area contributed by atoms with Crippen molar-refractivity contribution in [1.82, 2.24) is 9.55 Å². The summed E-state index contributed by atoms with van der Waals surface area (Å²) >= 11 is 5.94. The van der Waals surface area contributed by atoms with Gasteiger partial charge in [-0.1, -0.05) is 23.7 Å². The van der Waals surface area contributed by atoms with E-state index in [1.165, 1.54) is 29.0 Å². The number of nitrogens with one attached hydrogen (secondary N) is 1. The average Bonchev–Trinajstić information content (AvgIpc) is 2.90. The molecule has 0 aliphatic heterocycles. The number of hydrogen-bond acceptors (Lipinski definition) is 2. The van der Waals surface area contributed by atoms with Crippen LogP contribution in [0.5, 0.6) is 0 Å². The number of hydrogen-bond donors (Lipinski definition) is 1. The minimum Gasteiger partial charge on any atom is -0.319 e. The maximum absolute atomic E-state index is 13.4. The predicted octanol–water partition coefficient (Wildman–Crippen LogP) is 5.41. The topological polar surface area (TPSA) is 46.9 Å². The zero-order chi connectivity index (χ0) is 19.8. The Labute approximate surface area is 158 Å². The molecule has 0 saturated heterocycles. The summed E-state index contributed by atoms with van der Waals surface area (Å²) in [6.07, 6.45) is -3.02. The SMILES string of the molecule is Cc1cc(C(=O)Nc2cccnc2Cl)c(C)n1-c1ccccc1C(F)(F)F. The molecule has 0 aliphatic carbocycles. The van der Waals surface area contributed by atoms with E-state index >= 15 is 0 Å². The number of anilines is 1. The van der Waals surface area contributed by atoms with Gasteiger partial charge in [-0.05, 0) is 44.2 Å². The summed E-state index contributed by atoms with van der Waals surface area (Å²) < 4.78 is 41.6. The fourth-order valence-corrected chi connectivity index (χ4v) is 3.11. The zero-order valence-electron chi connectivity index (χ0n) is 14.4. The van der Waals surface area contributed by atoms with Gasteiger partial charge in [0.2, 0.25) is 0 Å². The monoisotopic (exact) mass is 393 g/mol. The number of halogens is 4. The highest BCUT2D eigenvalue weighted by Gasteiger charge is 2.34. The lowest BCUT2D eigenvalue weighted by Gasteiger charge is -2.16. The van der Waals surface area contributed by atoms with Crippen LogP contribution in [0.15, 0.2) is 48.7 Å². The normalized spacial score (nSPS) is 11.5. The molecular weight excluding hydrogens is 379 g/mol. The molecule has 0 spiro atoms. The minimum atomic E-state index is -4.51. The van der Waals surface area contributed by atoms with E-state index in [0.717, 1.165) is 6.07 Å². The van der Waals surface area contributed by atoms with E-state index in [1.54, 1.807) is 32.0 Å². The fourth-order valence-electron chi connectivity index (χ4n) is 2.94. The van der Waals surface area contributed by atoms with Crippen LogP contribution in [0.25, 0.3) is 5.69 Å². The van der Waals surface area contributed by atoms with Crippen LogP contribution in [-0.4, -0.2) is 15.5 Å². The van der Waals surface area contributed by atoms with Crippen molar-refractivity contribution in [3.8, 4) is 5.69 Å². The molecule has 1 aromatic carbocycles. The second kappa shape index (κ2) is 7.08. The molecule has 3 rings (SSSR count). The first-order chi connectivity index (χ1) is 12.7. The number of aromatic nitrogens is 2. The van der Waals surface area contributed by atoms with Gasteiger partial charge in [-0.15, -0.1) is 0 Å². The van der Waals surface area contributed by atoms with Gasteiger partial charge >= 0.3 is 6.18 Å². The van der Waals surface area contributed by atoms with Crippen molar-refractivity contribution in [3.63, 3.8) is 0 Å². The molecule has 1 N–H and O–H groups in total. The van der Waals surface area contributed by atoms with Gasteiger partial charge in [0.1, 0.15) is 0 Å². The van der Waals surface area contributed by atoms with E-state index in [-0.39, 0.29) is 16.4 Å². The maximum atomic E-state index is 13.4. The number of alkyl halides is 3. The van der Waals surface area contributed by atoms with Crippen LogP contribution in [-0.2, 0) is 6.18 Å². The molecule has 0 radical (unpaired) electrons. The van der Waals surface area contributed by atoms with Crippen molar-refractivity contribution in [2.75, 3.05) is 5.32 Å². The average molecular weight is 394 g/mol. The number of nitrogens with zero attached hydrogens (tertiary/aromatic N) is 2. The number of pyridine rings is 1. The van der Waals surface area contributed by atoms with Crippen molar-refractivity contribution < 1.29 is 18.0 Å². The van der Waals surface area contributed by atoms with Gasteiger partial charge in [-0.25, -0.2) is 4.98 Å². The molecule has 27 heavy (non-hydrogen) atoms. The van der Waals surface area contributed by atoms with Gasteiger partial charge in [-0.2, -0.15) is 13.2 Å². The summed E-state index contributed by atoms with van der Waals surface area (Å²) in [5.41, 5.74) is 0.676. The third kappa shape index (κ3) is 3.68. The molecule has 3 aromatic rings. The van der Waals surface area contributed by atoms with E-state index in [1.807, 2.05) is 0 Å². The van der Waals surface area contributed by atoms with E-state index in [0.29, 0.717) is 17.1 Å². The Morgan fingerprint density at radius 2 is 1.85 bits per heavy atom. The van der Waals surface area contributed by atoms with Crippen molar-refractivity contribution >= 4 is 23.2 Å². The van der Waals surface area contributed by atoms with Crippen LogP contribution in [0.3, 0.4) is 0 Å². The molecule has 4 nitrogen and oxygen atoms in total. The van der Waals surface area contributed by atoms with Crippen LogP contribution in [0.1, 0.15) is 27.3 Å². The van der Waals surface area contributed by atoms with E-state index < -0.39 is 17.6 Å². The zero-order valence-corrected chi connectivity index (χ0v) is 15.2. The Bertz CT molecular complexity index is 1010. The summed E-state index contributed by atoms with van der Waals surface area (Å²) in [6.45, 7) is 3.24. The van der Waals surface area contributed by atoms with Crippen LogP contribution >= 0.6 is 11.6 Å². The standard InChI is InChI=1S/C19H15ClF3N3O/c1-11-10-13(18(27)25-15-7-5-9-24-17(15)20)12(2)26(11)16-8-4-3-6-14(16)19(21,22)23/h3-10H,1-2H3,(H,25,27). The number of amides is 1. The molecule has 140 valence electrons. The second-order valence-corrected chi connectivity index (χ2v) is 6.29. The number of aryl methyl sites for hydroxylation is 1. The number of carbonyl (C=O) groups is 1. The van der Waals surface area contributed by atoms with Crippen molar-refractivity contribution in [3.05, 3.63) is 76.3 Å². The van der Waals surface area contributed by atoms with E-state index in [2.05, 4.69) is 10.3 Å². The fraction of sp³-hybridized carbons (Fsp3) is 0.158. The molecule has 2 aromatic heterocycles. The lowest BCUT2D eigenvalue weighted by atomic mass is 10.1. The van der Waals surface area contributed by atoms with Gasteiger partial charge in [0.05, 0.1) is 22.5 Å². The number of rotatable bonds is 3. The molecule has 0 bridgehead atoms. The smallest absolute Gasteiger partial charge is 0.319 e. The first kappa shape index (κ1) is 19.0. The highest BCUT2D eigenvalue weighted by Crippen LogP contribution is 2.35. The lowest BCUT2D eigenvalue weighted by Crippen LogP contribution is -2.15. The Morgan fingerprint density at radius 3 is 2.52 bits per heavy atom. The Morgan fingerprint density at radius 1 is 1.15 bits per heavy atom. The first-order valence-electron chi connectivity index (χ1n) is 7.97. The molecule has 0 saturated carbocycles. The summed E-state index contributed by atoms with van der Waals surface area (Å²) in [4.78, 5) is 16.5. The third-order valence-corrected chi connectivity index (χ3v) is 4.43. The summed E-state index contributed by atoms with van der Waals surface area (Å²) in [5, 5.41) is 2.76. The summed E-state index contributed by atoms with van der Waals surface area (Å²) in [5.74, 6) is -0.478. The van der Waals surface area contributed by atoms with Gasteiger partial charge in [-0.3, -0.25) is 4.79 Å². The Kier molecular flexibility index (Phi) is 4.97. The highest BCUT2D eigenvalue weighted by atomic mass is 35.5. The predicted molar refractivity (Wildman–Crippen MR) is 97.4 cm³/mol. The highest BCUT2D eigenvalue weighted by molar-refractivity contribution is 6.32.